The fraction of sp³-hybridized carbons (Fsp3) is 0.258. The number of morpholine rings is 1. The van der Waals surface area contributed by atoms with Crippen LogP contribution in [0.2, 0.25) is 0 Å². The van der Waals surface area contributed by atoms with E-state index in [1.165, 1.54) is 24.3 Å². The van der Waals surface area contributed by atoms with Crippen LogP contribution < -0.4 is 15.2 Å². The molecule has 0 bridgehead atoms. The minimum Gasteiger partial charge on any atom is -0.438 e. The van der Waals surface area contributed by atoms with Crippen molar-refractivity contribution in [1.29, 1.82) is 0 Å². The second kappa shape index (κ2) is 12.3. The lowest BCUT2D eigenvalue weighted by molar-refractivity contribution is 0.0342. The van der Waals surface area contributed by atoms with Crippen molar-refractivity contribution >= 4 is 21.7 Å². The molecule has 42 heavy (non-hydrogen) atoms. The summed E-state index contributed by atoms with van der Waals surface area (Å²) in [6, 6.07) is 19.3. The molecule has 1 amide bonds. The highest BCUT2D eigenvalue weighted by atomic mass is 32.2. The molecule has 0 atom stereocenters. The monoisotopic (exact) mass is 587 g/mol. The van der Waals surface area contributed by atoms with Crippen LogP contribution >= 0.6 is 0 Å². The van der Waals surface area contributed by atoms with Gasteiger partial charge in [-0.15, -0.1) is 0 Å². The lowest BCUT2D eigenvalue weighted by Crippen LogP contribution is -2.35. The molecule has 0 unspecified atom stereocenters. The number of aryl methyl sites for hydroxylation is 3. The van der Waals surface area contributed by atoms with Crippen LogP contribution in [0, 0.1) is 20.8 Å². The molecule has 0 radical (unpaired) electrons. The number of sulfonamides is 1. The maximum Gasteiger partial charge on any atom is 0.281 e. The smallest absolute Gasteiger partial charge is 0.281 e. The maximum atomic E-state index is 13.4. The highest BCUT2D eigenvalue weighted by Crippen LogP contribution is 2.33. The molecule has 1 saturated heterocycles. The first-order chi connectivity index (χ1) is 20.1. The molecule has 218 valence electrons. The van der Waals surface area contributed by atoms with Gasteiger partial charge in [0.15, 0.2) is 5.03 Å². The van der Waals surface area contributed by atoms with E-state index < -0.39 is 15.9 Å². The number of nitrogens with two attached hydrogens (primary N) is 1. The molecule has 0 saturated carbocycles. The second-order valence-corrected chi connectivity index (χ2v) is 11.9. The first-order valence-electron chi connectivity index (χ1n) is 13.5. The lowest BCUT2D eigenvalue weighted by atomic mass is 10.1. The third-order valence-corrected chi connectivity index (χ3v) is 8.12. The zero-order valence-corrected chi connectivity index (χ0v) is 24.6. The van der Waals surface area contributed by atoms with E-state index in [0.29, 0.717) is 24.7 Å². The number of amides is 1. The van der Waals surface area contributed by atoms with E-state index in [1.54, 1.807) is 6.07 Å². The van der Waals surface area contributed by atoms with Crippen LogP contribution in [-0.4, -0.2) is 55.5 Å². The van der Waals surface area contributed by atoms with Crippen LogP contribution in [0.3, 0.4) is 0 Å². The molecule has 5 rings (SSSR count). The normalized spacial score (nSPS) is 14.0. The number of nitrogen functional groups attached to an aromatic ring is 1. The molecule has 1 aliphatic heterocycles. The number of rotatable bonds is 8. The van der Waals surface area contributed by atoms with Gasteiger partial charge in [-0.1, -0.05) is 42.0 Å². The zero-order valence-electron chi connectivity index (χ0n) is 23.8. The van der Waals surface area contributed by atoms with E-state index in [2.05, 4.69) is 26.7 Å². The standard InChI is InChI=1S/C31H33N5O5S/c1-20-16-21(2)29(22(3)17-20)41-31-25(30(37)35-42(38,39)28-9-5-8-27(32)34-28)10-11-26(33-31)24-7-4-6-23(18-24)19-36-12-14-40-15-13-36/h4-11,16-18H,12-15,19H2,1-3H3,(H2,32,34)(H,35,37). The molecule has 10 nitrogen and oxygen atoms in total. The first kappa shape index (κ1) is 29.2. The Balaban J connectivity index is 1.51. The van der Waals surface area contributed by atoms with Crippen LogP contribution in [0.1, 0.15) is 32.6 Å². The minimum absolute atomic E-state index is 0.0153. The average Bonchev–Trinajstić information content (AvgIpc) is 2.95. The number of nitrogens with zero attached hydrogens (tertiary/aromatic N) is 3. The van der Waals surface area contributed by atoms with Crippen LogP contribution in [0.25, 0.3) is 11.3 Å². The number of hydrogen-bond acceptors (Lipinski definition) is 9. The van der Waals surface area contributed by atoms with Gasteiger partial charge in [-0.3, -0.25) is 9.69 Å². The van der Waals surface area contributed by atoms with Gasteiger partial charge in [0.25, 0.3) is 15.9 Å². The summed E-state index contributed by atoms with van der Waals surface area (Å²) in [4.78, 5) is 24.3. The molecule has 4 aromatic rings. The largest absolute Gasteiger partial charge is 0.438 e. The number of hydrogen-bond donors (Lipinski definition) is 2. The lowest BCUT2D eigenvalue weighted by Gasteiger charge is -2.26. The predicted molar refractivity (Wildman–Crippen MR) is 160 cm³/mol. The Bertz CT molecular complexity index is 1710. The molecule has 0 spiro atoms. The van der Waals surface area contributed by atoms with Gasteiger partial charge in [0.05, 0.1) is 18.9 Å². The summed E-state index contributed by atoms with van der Waals surface area (Å²) >= 11 is 0. The second-order valence-electron chi connectivity index (χ2n) is 10.3. The Morgan fingerprint density at radius 3 is 2.40 bits per heavy atom. The van der Waals surface area contributed by atoms with Gasteiger partial charge in [0, 0.05) is 25.2 Å². The number of aromatic nitrogens is 2. The van der Waals surface area contributed by atoms with Crippen molar-refractivity contribution in [3.05, 3.63) is 94.5 Å². The van der Waals surface area contributed by atoms with E-state index in [-0.39, 0.29) is 22.3 Å². The Morgan fingerprint density at radius 2 is 1.69 bits per heavy atom. The molecule has 1 aliphatic rings. The maximum absolute atomic E-state index is 13.4. The van der Waals surface area contributed by atoms with Gasteiger partial charge >= 0.3 is 0 Å². The fourth-order valence-corrected chi connectivity index (χ4v) is 5.87. The summed E-state index contributed by atoms with van der Waals surface area (Å²) in [5, 5.41) is -0.370. The highest BCUT2D eigenvalue weighted by Gasteiger charge is 2.25. The summed E-state index contributed by atoms with van der Waals surface area (Å²) in [5.74, 6) is -0.367. The van der Waals surface area contributed by atoms with E-state index in [9.17, 15) is 13.2 Å². The number of anilines is 1. The van der Waals surface area contributed by atoms with E-state index in [4.69, 9.17) is 20.2 Å². The molecule has 2 aromatic heterocycles. The van der Waals surface area contributed by atoms with E-state index in [1.807, 2.05) is 45.0 Å². The average molecular weight is 588 g/mol. The summed E-state index contributed by atoms with van der Waals surface area (Å²) in [6.07, 6.45) is 0. The van der Waals surface area contributed by atoms with Crippen LogP contribution in [0.5, 0.6) is 11.6 Å². The van der Waals surface area contributed by atoms with Gasteiger partial charge in [0.2, 0.25) is 5.88 Å². The molecular formula is C31H33N5O5S. The predicted octanol–water partition coefficient (Wildman–Crippen LogP) is 4.39. The van der Waals surface area contributed by atoms with Crippen LogP contribution in [-0.2, 0) is 21.3 Å². The Morgan fingerprint density at radius 1 is 0.976 bits per heavy atom. The number of pyridine rings is 2. The Hall–Kier alpha value is -4.32. The summed E-state index contributed by atoms with van der Waals surface area (Å²) < 4.78 is 39.7. The first-order valence-corrected chi connectivity index (χ1v) is 15.0. The molecule has 0 aliphatic carbocycles. The molecule has 3 N–H and O–H groups in total. The number of nitrogens with one attached hydrogen (secondary N) is 1. The van der Waals surface area contributed by atoms with Crippen molar-refractivity contribution in [2.45, 2.75) is 32.3 Å². The Kier molecular flexibility index (Phi) is 8.53. The van der Waals surface area contributed by atoms with Crippen molar-refractivity contribution in [3.8, 4) is 22.9 Å². The number of ether oxygens (including phenoxy) is 2. The molecule has 11 heteroatoms. The third kappa shape index (κ3) is 6.76. The third-order valence-electron chi connectivity index (χ3n) is 6.89. The van der Waals surface area contributed by atoms with Crippen LogP contribution in [0.15, 0.2) is 71.8 Å². The summed E-state index contributed by atoms with van der Waals surface area (Å²) in [6.45, 7) is 9.74. The van der Waals surface area contributed by atoms with Crippen molar-refractivity contribution in [1.82, 2.24) is 19.6 Å². The van der Waals surface area contributed by atoms with Crippen molar-refractivity contribution in [2.75, 3.05) is 32.0 Å². The SMILES string of the molecule is Cc1cc(C)c(Oc2nc(-c3cccc(CN4CCOCC4)c3)ccc2C(=O)NS(=O)(=O)c2cccc(N)n2)c(C)c1. The molecule has 1 fully saturated rings. The summed E-state index contributed by atoms with van der Waals surface area (Å²) in [5.41, 5.74) is 10.9. The van der Waals surface area contributed by atoms with Crippen molar-refractivity contribution in [2.24, 2.45) is 0 Å². The van der Waals surface area contributed by atoms with Crippen LogP contribution in [0.4, 0.5) is 5.82 Å². The highest BCUT2D eigenvalue weighted by molar-refractivity contribution is 7.90. The zero-order chi connectivity index (χ0) is 29.9. The topological polar surface area (TPSA) is 137 Å². The minimum atomic E-state index is -4.31. The molecular weight excluding hydrogens is 554 g/mol. The van der Waals surface area contributed by atoms with Gasteiger partial charge in [-0.2, -0.15) is 8.42 Å². The molecule has 3 heterocycles. The number of carbonyl (C=O) groups excluding carboxylic acids is 1. The van der Waals surface area contributed by atoms with Crippen molar-refractivity contribution < 1.29 is 22.7 Å². The Labute approximate surface area is 245 Å². The van der Waals surface area contributed by atoms with Gasteiger partial charge < -0.3 is 15.2 Å². The van der Waals surface area contributed by atoms with E-state index >= 15 is 0 Å². The van der Waals surface area contributed by atoms with Gasteiger partial charge in [-0.05, 0) is 67.8 Å². The fourth-order valence-electron chi connectivity index (χ4n) is 4.93. The molecule has 2 aromatic carbocycles. The van der Waals surface area contributed by atoms with Crippen molar-refractivity contribution in [3.63, 3.8) is 0 Å². The number of carbonyl (C=O) groups is 1. The van der Waals surface area contributed by atoms with Gasteiger partial charge in [0.1, 0.15) is 17.1 Å². The number of benzene rings is 2. The summed E-state index contributed by atoms with van der Waals surface area (Å²) in [7, 11) is -4.31. The quantitative estimate of drug-likeness (QED) is 0.307. The van der Waals surface area contributed by atoms with Gasteiger partial charge in [-0.25, -0.2) is 14.7 Å². The van der Waals surface area contributed by atoms with E-state index in [0.717, 1.165) is 47.5 Å².